The van der Waals surface area contributed by atoms with Gasteiger partial charge in [-0.15, -0.1) is 20.4 Å². The fourth-order valence-corrected chi connectivity index (χ4v) is 3.95. The number of morpholine rings is 1. The number of aromatic nitrogens is 6. The van der Waals surface area contributed by atoms with Gasteiger partial charge >= 0.3 is 0 Å². The Morgan fingerprint density at radius 1 is 1.15 bits per heavy atom. The molecular formula is C16H15N7O2S. The fourth-order valence-electron chi connectivity index (χ4n) is 3.12. The SMILES string of the molecule is O=C(CSc1nnc2nnc3c4ccccc4[nH]c3n12)N1CCOCC1. The molecule has 1 amide bonds. The van der Waals surface area contributed by atoms with Crippen LogP contribution in [-0.2, 0) is 9.53 Å². The summed E-state index contributed by atoms with van der Waals surface area (Å²) < 4.78 is 7.11. The lowest BCUT2D eigenvalue weighted by molar-refractivity contribution is -0.132. The molecule has 26 heavy (non-hydrogen) atoms. The number of H-pyrrole nitrogens is 1. The van der Waals surface area contributed by atoms with Crippen molar-refractivity contribution >= 4 is 45.5 Å². The number of amides is 1. The molecule has 10 heteroatoms. The minimum atomic E-state index is 0.0740. The van der Waals surface area contributed by atoms with Gasteiger partial charge in [0.05, 0.1) is 19.0 Å². The average molecular weight is 369 g/mol. The van der Waals surface area contributed by atoms with E-state index in [2.05, 4.69) is 25.4 Å². The fraction of sp³-hybridized carbons (Fsp3) is 0.312. The molecule has 1 fully saturated rings. The smallest absolute Gasteiger partial charge is 0.276 e. The van der Waals surface area contributed by atoms with Gasteiger partial charge in [0.1, 0.15) is 11.2 Å². The number of rotatable bonds is 3. The molecule has 3 aromatic heterocycles. The van der Waals surface area contributed by atoms with Crippen LogP contribution in [-0.4, -0.2) is 72.6 Å². The van der Waals surface area contributed by atoms with Crippen molar-refractivity contribution in [1.82, 2.24) is 34.7 Å². The average Bonchev–Trinajstić information content (AvgIpc) is 3.27. The number of thioether (sulfide) groups is 1. The number of aromatic amines is 1. The Bertz CT molecular complexity index is 1120. The van der Waals surface area contributed by atoms with Gasteiger partial charge in [0.15, 0.2) is 5.16 Å². The van der Waals surface area contributed by atoms with Gasteiger partial charge in [-0.05, 0) is 6.07 Å². The first-order valence-electron chi connectivity index (χ1n) is 8.28. The van der Waals surface area contributed by atoms with Gasteiger partial charge in [-0.25, -0.2) is 4.40 Å². The zero-order valence-corrected chi connectivity index (χ0v) is 14.6. The van der Waals surface area contributed by atoms with Gasteiger partial charge in [-0.3, -0.25) is 4.79 Å². The van der Waals surface area contributed by atoms with Gasteiger partial charge in [-0.2, -0.15) is 0 Å². The topological polar surface area (TPSA) is 101 Å². The Hall–Kier alpha value is -2.72. The van der Waals surface area contributed by atoms with Crippen LogP contribution in [0.3, 0.4) is 0 Å². The molecule has 5 rings (SSSR count). The number of hydrogen-bond acceptors (Lipinski definition) is 7. The quantitative estimate of drug-likeness (QED) is 0.540. The number of carbonyl (C=O) groups excluding carboxylic acids is 1. The Morgan fingerprint density at radius 3 is 2.85 bits per heavy atom. The van der Waals surface area contributed by atoms with Crippen molar-refractivity contribution in [2.75, 3.05) is 32.1 Å². The first-order chi connectivity index (χ1) is 12.8. The van der Waals surface area contributed by atoms with Crippen LogP contribution in [0, 0.1) is 0 Å². The second-order valence-corrected chi connectivity index (χ2v) is 6.91. The lowest BCUT2D eigenvalue weighted by Crippen LogP contribution is -2.41. The molecular weight excluding hydrogens is 354 g/mol. The molecule has 0 spiro atoms. The molecule has 9 nitrogen and oxygen atoms in total. The molecule has 4 aromatic rings. The normalized spacial score (nSPS) is 15.3. The van der Waals surface area contributed by atoms with Crippen molar-refractivity contribution in [3.05, 3.63) is 24.3 Å². The molecule has 0 unspecified atom stereocenters. The molecule has 0 atom stereocenters. The van der Waals surface area contributed by atoms with Crippen LogP contribution in [0.4, 0.5) is 0 Å². The summed E-state index contributed by atoms with van der Waals surface area (Å²) in [6, 6.07) is 7.91. The van der Waals surface area contributed by atoms with E-state index in [9.17, 15) is 4.79 Å². The van der Waals surface area contributed by atoms with E-state index in [0.717, 1.165) is 22.1 Å². The van der Waals surface area contributed by atoms with E-state index in [1.807, 2.05) is 33.6 Å². The number of nitrogens with one attached hydrogen (secondary N) is 1. The largest absolute Gasteiger partial charge is 0.378 e. The van der Waals surface area contributed by atoms with E-state index < -0.39 is 0 Å². The maximum Gasteiger partial charge on any atom is 0.276 e. The standard InChI is InChI=1S/C16H15N7O2S/c24-12(22-5-7-25-8-6-22)9-26-16-21-20-15-19-18-13-10-3-1-2-4-11(10)17-14(13)23(15)16/h1-4,17H,5-9H2. The summed E-state index contributed by atoms with van der Waals surface area (Å²) in [5.41, 5.74) is 2.51. The summed E-state index contributed by atoms with van der Waals surface area (Å²) in [5.74, 6) is 0.778. The van der Waals surface area contributed by atoms with Crippen molar-refractivity contribution in [3.63, 3.8) is 0 Å². The second-order valence-electron chi connectivity index (χ2n) is 5.97. The van der Waals surface area contributed by atoms with Crippen LogP contribution in [0.2, 0.25) is 0 Å². The number of nitrogens with zero attached hydrogens (tertiary/aromatic N) is 6. The van der Waals surface area contributed by atoms with Gasteiger partial charge < -0.3 is 14.6 Å². The first-order valence-corrected chi connectivity index (χ1v) is 9.26. The lowest BCUT2D eigenvalue weighted by Gasteiger charge is -2.26. The predicted octanol–water partition coefficient (Wildman–Crippen LogP) is 1.10. The molecule has 0 aliphatic carbocycles. The predicted molar refractivity (Wildman–Crippen MR) is 96.1 cm³/mol. The van der Waals surface area contributed by atoms with Gasteiger partial charge in [0, 0.05) is 24.0 Å². The molecule has 1 N–H and O–H groups in total. The maximum absolute atomic E-state index is 12.4. The monoisotopic (exact) mass is 369 g/mol. The molecule has 0 saturated carbocycles. The second kappa shape index (κ2) is 6.22. The molecule has 132 valence electrons. The highest BCUT2D eigenvalue weighted by Crippen LogP contribution is 2.26. The minimum Gasteiger partial charge on any atom is -0.378 e. The summed E-state index contributed by atoms with van der Waals surface area (Å²) in [7, 11) is 0. The van der Waals surface area contributed by atoms with Crippen LogP contribution in [0.25, 0.3) is 27.8 Å². The van der Waals surface area contributed by atoms with E-state index >= 15 is 0 Å². The van der Waals surface area contributed by atoms with Crippen LogP contribution in [0.1, 0.15) is 0 Å². The van der Waals surface area contributed by atoms with Gasteiger partial charge in [-0.1, -0.05) is 30.0 Å². The molecule has 0 radical (unpaired) electrons. The van der Waals surface area contributed by atoms with Crippen molar-refractivity contribution in [2.45, 2.75) is 5.16 Å². The third-order valence-electron chi connectivity index (χ3n) is 4.43. The van der Waals surface area contributed by atoms with E-state index in [0.29, 0.717) is 43.0 Å². The van der Waals surface area contributed by atoms with Crippen molar-refractivity contribution in [2.24, 2.45) is 0 Å². The highest BCUT2D eigenvalue weighted by molar-refractivity contribution is 7.99. The van der Waals surface area contributed by atoms with Crippen LogP contribution in [0.15, 0.2) is 29.4 Å². The molecule has 1 aliphatic rings. The lowest BCUT2D eigenvalue weighted by atomic mass is 10.2. The first kappa shape index (κ1) is 15.5. The summed E-state index contributed by atoms with van der Waals surface area (Å²) in [6.45, 7) is 2.46. The van der Waals surface area contributed by atoms with Crippen LogP contribution in [0.5, 0.6) is 0 Å². The number of fused-ring (bicyclic) bond motifs is 5. The molecule has 0 bridgehead atoms. The van der Waals surface area contributed by atoms with E-state index in [1.165, 1.54) is 11.8 Å². The molecule has 1 aliphatic heterocycles. The molecule has 1 saturated heterocycles. The van der Waals surface area contributed by atoms with E-state index in [-0.39, 0.29) is 5.91 Å². The number of carbonyl (C=O) groups is 1. The Morgan fingerprint density at radius 2 is 1.96 bits per heavy atom. The van der Waals surface area contributed by atoms with Crippen molar-refractivity contribution < 1.29 is 9.53 Å². The number of hydrogen-bond donors (Lipinski definition) is 1. The summed E-state index contributed by atoms with van der Waals surface area (Å²) in [5, 5.41) is 18.3. The zero-order valence-electron chi connectivity index (χ0n) is 13.8. The summed E-state index contributed by atoms with van der Waals surface area (Å²) in [4.78, 5) is 17.6. The summed E-state index contributed by atoms with van der Waals surface area (Å²) >= 11 is 1.35. The van der Waals surface area contributed by atoms with E-state index in [4.69, 9.17) is 4.74 Å². The van der Waals surface area contributed by atoms with Crippen LogP contribution >= 0.6 is 11.8 Å². The van der Waals surface area contributed by atoms with Crippen molar-refractivity contribution in [3.8, 4) is 0 Å². The Kier molecular flexibility index (Phi) is 3.71. The highest BCUT2D eigenvalue weighted by atomic mass is 32.2. The van der Waals surface area contributed by atoms with Gasteiger partial charge in [0.25, 0.3) is 5.78 Å². The van der Waals surface area contributed by atoms with Gasteiger partial charge in [0.2, 0.25) is 5.91 Å². The highest BCUT2D eigenvalue weighted by Gasteiger charge is 2.20. The Balaban J connectivity index is 1.50. The number of para-hydroxylation sites is 1. The Labute approximate surface area is 151 Å². The van der Waals surface area contributed by atoms with Crippen molar-refractivity contribution in [1.29, 1.82) is 0 Å². The third kappa shape index (κ3) is 2.49. The maximum atomic E-state index is 12.4. The minimum absolute atomic E-state index is 0.0740. The molecule has 1 aromatic carbocycles. The van der Waals surface area contributed by atoms with E-state index in [1.54, 1.807) is 0 Å². The zero-order chi connectivity index (χ0) is 17.5. The molecule has 4 heterocycles. The number of benzene rings is 1. The number of ether oxygens (including phenoxy) is 1. The third-order valence-corrected chi connectivity index (χ3v) is 5.34. The van der Waals surface area contributed by atoms with Crippen LogP contribution < -0.4 is 0 Å². The summed E-state index contributed by atoms with van der Waals surface area (Å²) in [6.07, 6.45) is 0.